The van der Waals surface area contributed by atoms with E-state index in [2.05, 4.69) is 12.2 Å². The molecule has 1 N–H and O–H groups in total. The largest absolute Gasteiger partial charge is 0.376 e. The molecule has 0 radical (unpaired) electrons. The van der Waals surface area contributed by atoms with Crippen molar-refractivity contribution in [2.45, 2.75) is 63.6 Å². The van der Waals surface area contributed by atoms with Gasteiger partial charge in [0, 0.05) is 19.6 Å². The average Bonchev–Trinajstić information content (AvgIpc) is 3.15. The fraction of sp³-hybridized carbons (Fsp3) is 0.867. The highest BCUT2D eigenvalue weighted by Gasteiger charge is 2.52. The van der Waals surface area contributed by atoms with Crippen molar-refractivity contribution in [2.75, 3.05) is 13.2 Å². The van der Waals surface area contributed by atoms with Crippen molar-refractivity contribution in [1.29, 1.82) is 0 Å². The van der Waals surface area contributed by atoms with Crippen LogP contribution < -0.4 is 5.32 Å². The van der Waals surface area contributed by atoms with E-state index in [-0.39, 0.29) is 24.0 Å². The van der Waals surface area contributed by atoms with Gasteiger partial charge in [0.25, 0.3) is 0 Å². The molecule has 0 aromatic carbocycles. The van der Waals surface area contributed by atoms with Crippen molar-refractivity contribution in [2.24, 2.45) is 5.92 Å². The van der Waals surface area contributed by atoms with Crippen molar-refractivity contribution in [3.63, 3.8) is 0 Å². The van der Waals surface area contributed by atoms with Gasteiger partial charge in [-0.25, -0.2) is 0 Å². The monoisotopic (exact) mass is 280 g/mol. The van der Waals surface area contributed by atoms with E-state index in [1.807, 2.05) is 11.8 Å². The van der Waals surface area contributed by atoms with E-state index in [1.165, 1.54) is 0 Å². The second-order valence-corrected chi connectivity index (χ2v) is 6.57. The molecule has 2 aliphatic heterocycles. The van der Waals surface area contributed by atoms with Crippen LogP contribution in [0.15, 0.2) is 0 Å². The van der Waals surface area contributed by atoms with Gasteiger partial charge < -0.3 is 15.0 Å². The molecule has 1 saturated carbocycles. The molecule has 5 nitrogen and oxygen atoms in total. The molecule has 3 unspecified atom stereocenters. The second kappa shape index (κ2) is 5.02. The Balaban J connectivity index is 1.81. The first-order valence-corrected chi connectivity index (χ1v) is 7.76. The first kappa shape index (κ1) is 13.9. The third-order valence-corrected chi connectivity index (χ3v) is 5.07. The number of amides is 2. The van der Waals surface area contributed by atoms with Gasteiger partial charge in [-0.2, -0.15) is 0 Å². The minimum absolute atomic E-state index is 0.00482. The Morgan fingerprint density at radius 1 is 1.35 bits per heavy atom. The lowest BCUT2D eigenvalue weighted by molar-refractivity contribution is -0.143. The summed E-state index contributed by atoms with van der Waals surface area (Å²) >= 11 is 0. The zero-order valence-corrected chi connectivity index (χ0v) is 12.4. The predicted octanol–water partition coefficient (Wildman–Crippen LogP) is 1.07. The summed E-state index contributed by atoms with van der Waals surface area (Å²) in [4.78, 5) is 26.8. The van der Waals surface area contributed by atoms with E-state index in [0.29, 0.717) is 18.9 Å². The summed E-state index contributed by atoms with van der Waals surface area (Å²) in [5.41, 5.74) is -0.708. The second-order valence-electron chi connectivity index (χ2n) is 6.57. The Hall–Kier alpha value is -1.10. The lowest BCUT2D eigenvalue weighted by atomic mass is 9.93. The van der Waals surface area contributed by atoms with Gasteiger partial charge in [-0.05, 0) is 45.4 Å². The van der Waals surface area contributed by atoms with E-state index < -0.39 is 5.54 Å². The van der Waals surface area contributed by atoms with Crippen LogP contribution in [0.5, 0.6) is 0 Å². The van der Waals surface area contributed by atoms with Gasteiger partial charge in [0.2, 0.25) is 11.8 Å². The topological polar surface area (TPSA) is 58.6 Å². The Bertz CT molecular complexity index is 415. The van der Waals surface area contributed by atoms with Crippen LogP contribution in [-0.2, 0) is 14.3 Å². The maximum absolute atomic E-state index is 12.9. The van der Waals surface area contributed by atoms with E-state index in [0.717, 1.165) is 32.3 Å². The molecule has 0 spiro atoms. The third kappa shape index (κ3) is 2.32. The Kier molecular flexibility index (Phi) is 3.48. The zero-order chi connectivity index (χ0) is 14.3. The van der Waals surface area contributed by atoms with Crippen LogP contribution in [-0.4, -0.2) is 47.6 Å². The number of rotatable bonds is 3. The number of carbonyl (C=O) groups is 2. The Morgan fingerprint density at radius 2 is 2.10 bits per heavy atom. The predicted molar refractivity (Wildman–Crippen MR) is 74.0 cm³/mol. The van der Waals surface area contributed by atoms with Gasteiger partial charge in [-0.1, -0.05) is 0 Å². The fourth-order valence-electron chi connectivity index (χ4n) is 3.54. The number of hydrogen-bond donors (Lipinski definition) is 1. The van der Waals surface area contributed by atoms with Gasteiger partial charge in [0.1, 0.15) is 5.54 Å². The molecule has 112 valence electrons. The fourth-order valence-corrected chi connectivity index (χ4v) is 3.54. The molecular weight excluding hydrogens is 256 g/mol. The van der Waals surface area contributed by atoms with Gasteiger partial charge in [-0.15, -0.1) is 0 Å². The lowest BCUT2D eigenvalue weighted by Gasteiger charge is -2.37. The molecule has 2 heterocycles. The van der Waals surface area contributed by atoms with Crippen molar-refractivity contribution in [1.82, 2.24) is 10.2 Å². The van der Waals surface area contributed by atoms with Crippen molar-refractivity contribution < 1.29 is 14.3 Å². The van der Waals surface area contributed by atoms with Gasteiger partial charge in [0.05, 0.1) is 12.1 Å². The molecule has 5 heteroatoms. The molecule has 3 rings (SSSR count). The first-order valence-electron chi connectivity index (χ1n) is 7.76. The van der Waals surface area contributed by atoms with E-state index in [4.69, 9.17) is 4.74 Å². The highest BCUT2D eigenvalue weighted by Crippen LogP contribution is 2.41. The first-order chi connectivity index (χ1) is 9.52. The summed E-state index contributed by atoms with van der Waals surface area (Å²) in [7, 11) is 0. The van der Waals surface area contributed by atoms with E-state index in [9.17, 15) is 9.59 Å². The minimum atomic E-state index is -0.708. The molecule has 2 saturated heterocycles. The number of carbonyl (C=O) groups excluding carboxylic acids is 2. The van der Waals surface area contributed by atoms with Crippen molar-refractivity contribution >= 4 is 11.8 Å². The number of ether oxygens (including phenoxy) is 1. The van der Waals surface area contributed by atoms with Crippen molar-refractivity contribution in [3.8, 4) is 0 Å². The highest BCUT2D eigenvalue weighted by atomic mass is 16.5. The van der Waals surface area contributed by atoms with Crippen molar-refractivity contribution in [3.05, 3.63) is 0 Å². The molecule has 2 amide bonds. The summed E-state index contributed by atoms with van der Waals surface area (Å²) in [6.07, 6.45) is 4.65. The van der Waals surface area contributed by atoms with Gasteiger partial charge >= 0.3 is 0 Å². The third-order valence-electron chi connectivity index (χ3n) is 5.07. The molecule has 1 aliphatic carbocycles. The summed E-state index contributed by atoms with van der Waals surface area (Å²) in [5, 5.41) is 2.97. The quantitative estimate of drug-likeness (QED) is 0.841. The number of hydrogen-bond acceptors (Lipinski definition) is 3. The van der Waals surface area contributed by atoms with Crippen LogP contribution in [0.25, 0.3) is 0 Å². The van der Waals surface area contributed by atoms with E-state index in [1.54, 1.807) is 0 Å². The molecule has 3 fully saturated rings. The minimum Gasteiger partial charge on any atom is -0.376 e. The molecule has 0 aromatic heterocycles. The summed E-state index contributed by atoms with van der Waals surface area (Å²) < 4.78 is 5.73. The number of nitrogens with one attached hydrogen (secondary N) is 1. The SMILES string of the molecule is CC(C1CCCO1)N1CCC(=O)NC(C)(C2CC2)C1=O. The average molecular weight is 280 g/mol. The normalized spacial score (nSPS) is 36.7. The van der Waals surface area contributed by atoms with Crippen LogP contribution in [0.3, 0.4) is 0 Å². The summed E-state index contributed by atoms with van der Waals surface area (Å²) in [6, 6.07) is 0.0516. The maximum atomic E-state index is 12.9. The molecule has 3 atom stereocenters. The number of nitrogens with zero attached hydrogens (tertiary/aromatic N) is 1. The van der Waals surface area contributed by atoms with Crippen LogP contribution in [0, 0.1) is 5.92 Å². The smallest absolute Gasteiger partial charge is 0.248 e. The Labute approximate surface area is 120 Å². The molecule has 0 bridgehead atoms. The lowest BCUT2D eigenvalue weighted by Crippen LogP contribution is -2.59. The van der Waals surface area contributed by atoms with Crippen LogP contribution in [0.2, 0.25) is 0 Å². The highest BCUT2D eigenvalue weighted by molar-refractivity contribution is 5.94. The molecule has 0 aromatic rings. The zero-order valence-electron chi connectivity index (χ0n) is 12.4. The summed E-state index contributed by atoms with van der Waals surface area (Å²) in [5.74, 6) is 0.375. The van der Waals surface area contributed by atoms with Crippen LogP contribution in [0.1, 0.15) is 46.0 Å². The summed E-state index contributed by atoms with van der Waals surface area (Å²) in [6.45, 7) is 5.24. The molecule has 20 heavy (non-hydrogen) atoms. The van der Waals surface area contributed by atoms with E-state index >= 15 is 0 Å². The molecular formula is C15H24N2O3. The Morgan fingerprint density at radius 3 is 2.70 bits per heavy atom. The van der Waals surface area contributed by atoms with Crippen LogP contribution in [0.4, 0.5) is 0 Å². The van der Waals surface area contributed by atoms with Crippen LogP contribution >= 0.6 is 0 Å². The standard InChI is InChI=1S/C15H24N2O3/c1-10(12-4-3-9-20-12)17-8-7-13(18)16-15(2,14(17)19)11-5-6-11/h10-12H,3-9H2,1-2H3,(H,16,18). The van der Waals surface area contributed by atoms with Gasteiger partial charge in [0.15, 0.2) is 0 Å². The maximum Gasteiger partial charge on any atom is 0.248 e. The van der Waals surface area contributed by atoms with Gasteiger partial charge in [-0.3, -0.25) is 9.59 Å². The molecule has 3 aliphatic rings.